The van der Waals surface area contributed by atoms with E-state index in [1.807, 2.05) is 38.1 Å². The Balaban J connectivity index is 1.57. The molecule has 9 heteroatoms. The topological polar surface area (TPSA) is 91.8 Å². The lowest BCUT2D eigenvalue weighted by molar-refractivity contribution is 0.337. The van der Waals surface area contributed by atoms with Crippen LogP contribution >= 0.6 is 11.8 Å². The van der Waals surface area contributed by atoms with Crippen molar-refractivity contribution in [1.29, 1.82) is 0 Å². The van der Waals surface area contributed by atoms with Crippen molar-refractivity contribution in [2.45, 2.75) is 43.0 Å². The fourth-order valence-electron chi connectivity index (χ4n) is 2.44. The van der Waals surface area contributed by atoms with Gasteiger partial charge in [-0.15, -0.1) is 5.10 Å². The van der Waals surface area contributed by atoms with Crippen LogP contribution in [0.5, 0.6) is 5.75 Å². The summed E-state index contributed by atoms with van der Waals surface area (Å²) in [6.45, 7) is 4.52. The van der Waals surface area contributed by atoms with E-state index in [2.05, 4.69) is 25.7 Å². The quantitative estimate of drug-likeness (QED) is 0.595. The van der Waals surface area contributed by atoms with Crippen molar-refractivity contribution in [3.05, 3.63) is 36.0 Å². The van der Waals surface area contributed by atoms with Gasteiger partial charge in [-0.3, -0.25) is 0 Å². The Hall–Kier alpha value is -2.42. The second kappa shape index (κ2) is 6.83. The molecule has 3 aromatic rings. The molecule has 0 saturated heterocycles. The van der Waals surface area contributed by atoms with Gasteiger partial charge in [0.05, 0.1) is 11.9 Å². The molecule has 1 saturated carbocycles. The van der Waals surface area contributed by atoms with Gasteiger partial charge < -0.3 is 9.26 Å². The van der Waals surface area contributed by atoms with E-state index in [9.17, 15) is 0 Å². The van der Waals surface area contributed by atoms with E-state index in [1.165, 1.54) is 11.8 Å². The zero-order valence-electron chi connectivity index (χ0n) is 14.0. The molecule has 0 radical (unpaired) electrons. The van der Waals surface area contributed by atoms with Gasteiger partial charge >= 0.3 is 0 Å². The van der Waals surface area contributed by atoms with Crippen LogP contribution in [0.1, 0.15) is 49.6 Å². The number of nitrogens with zero attached hydrogens (tertiary/aromatic N) is 6. The second-order valence-corrected chi connectivity index (χ2v) is 7.11. The molecule has 0 N–H and O–H groups in total. The van der Waals surface area contributed by atoms with Gasteiger partial charge in [0.2, 0.25) is 11.0 Å². The molecule has 0 aliphatic heterocycles. The fraction of sp³-hybridized carbons (Fsp3) is 0.438. The van der Waals surface area contributed by atoms with Crippen LogP contribution in [0, 0.1) is 0 Å². The van der Waals surface area contributed by atoms with Crippen molar-refractivity contribution < 1.29 is 9.26 Å². The standard InChI is InChI=1S/C16H18N6O2S/c1-3-23-13-7-5-4-6-12(13)22-16(18-20-21-22)25-10(2)15-17-14(19-24-15)11-8-9-11/h4-7,10-11H,3,8-9H2,1-2H3. The second-order valence-electron chi connectivity index (χ2n) is 5.80. The molecule has 2 aromatic heterocycles. The highest BCUT2D eigenvalue weighted by atomic mass is 32.2. The number of benzene rings is 1. The molecule has 1 aromatic carbocycles. The number of para-hydroxylation sites is 2. The summed E-state index contributed by atoms with van der Waals surface area (Å²) in [7, 11) is 0. The summed E-state index contributed by atoms with van der Waals surface area (Å²) in [5.41, 5.74) is 0.799. The van der Waals surface area contributed by atoms with Gasteiger partial charge in [-0.1, -0.05) is 29.1 Å². The lowest BCUT2D eigenvalue weighted by atomic mass is 10.3. The van der Waals surface area contributed by atoms with Gasteiger partial charge in [-0.2, -0.15) is 9.67 Å². The molecule has 0 bridgehead atoms. The van der Waals surface area contributed by atoms with Crippen LogP contribution in [0.25, 0.3) is 5.69 Å². The smallest absolute Gasteiger partial charge is 0.239 e. The van der Waals surface area contributed by atoms with E-state index in [1.54, 1.807) is 4.68 Å². The summed E-state index contributed by atoms with van der Waals surface area (Å²) < 4.78 is 12.7. The Morgan fingerprint density at radius 2 is 2.20 bits per heavy atom. The van der Waals surface area contributed by atoms with E-state index < -0.39 is 0 Å². The van der Waals surface area contributed by atoms with Crippen molar-refractivity contribution in [3.63, 3.8) is 0 Å². The number of hydrogen-bond donors (Lipinski definition) is 0. The van der Waals surface area contributed by atoms with Crippen molar-refractivity contribution in [2.75, 3.05) is 6.61 Å². The molecule has 130 valence electrons. The van der Waals surface area contributed by atoms with Crippen LogP contribution in [0.15, 0.2) is 33.9 Å². The van der Waals surface area contributed by atoms with Gasteiger partial charge in [0.15, 0.2) is 5.82 Å². The molecular formula is C16H18N6O2S. The van der Waals surface area contributed by atoms with Crippen LogP contribution < -0.4 is 4.74 Å². The maximum atomic E-state index is 5.68. The molecule has 1 fully saturated rings. The van der Waals surface area contributed by atoms with Gasteiger partial charge in [0, 0.05) is 5.92 Å². The van der Waals surface area contributed by atoms with E-state index in [-0.39, 0.29) is 5.25 Å². The third kappa shape index (κ3) is 3.37. The van der Waals surface area contributed by atoms with Crippen molar-refractivity contribution >= 4 is 11.8 Å². The van der Waals surface area contributed by atoms with Crippen LogP contribution in [-0.2, 0) is 0 Å². The average Bonchev–Trinajstić information content (AvgIpc) is 3.17. The van der Waals surface area contributed by atoms with Crippen LogP contribution in [0.3, 0.4) is 0 Å². The third-order valence-corrected chi connectivity index (χ3v) is 4.88. The molecule has 25 heavy (non-hydrogen) atoms. The van der Waals surface area contributed by atoms with E-state index >= 15 is 0 Å². The van der Waals surface area contributed by atoms with Crippen LogP contribution in [-0.4, -0.2) is 37.0 Å². The molecule has 0 amide bonds. The minimum absolute atomic E-state index is 0.0518. The first-order valence-electron chi connectivity index (χ1n) is 8.27. The zero-order chi connectivity index (χ0) is 17.2. The van der Waals surface area contributed by atoms with E-state index in [4.69, 9.17) is 9.26 Å². The molecule has 1 atom stereocenters. The predicted molar refractivity (Wildman–Crippen MR) is 90.9 cm³/mol. The largest absolute Gasteiger partial charge is 0.492 e. The number of hydrogen-bond acceptors (Lipinski definition) is 8. The summed E-state index contributed by atoms with van der Waals surface area (Å²) >= 11 is 1.47. The molecule has 0 spiro atoms. The molecule has 2 heterocycles. The molecule has 4 rings (SSSR count). The lowest BCUT2D eigenvalue weighted by Crippen LogP contribution is -2.04. The van der Waals surface area contributed by atoms with Gasteiger partial charge in [-0.05, 0) is 49.2 Å². The first-order valence-corrected chi connectivity index (χ1v) is 9.15. The summed E-state index contributed by atoms with van der Waals surface area (Å²) in [6, 6.07) is 7.68. The average molecular weight is 358 g/mol. The Labute approximate surface area is 148 Å². The van der Waals surface area contributed by atoms with Crippen molar-refractivity contribution in [3.8, 4) is 11.4 Å². The number of aromatic nitrogens is 6. The van der Waals surface area contributed by atoms with Gasteiger partial charge in [-0.25, -0.2) is 0 Å². The van der Waals surface area contributed by atoms with Crippen LogP contribution in [0.4, 0.5) is 0 Å². The fourth-order valence-corrected chi connectivity index (χ4v) is 3.27. The summed E-state index contributed by atoms with van der Waals surface area (Å²) in [4.78, 5) is 4.50. The van der Waals surface area contributed by atoms with Crippen molar-refractivity contribution in [1.82, 2.24) is 30.3 Å². The summed E-state index contributed by atoms with van der Waals surface area (Å²) in [5, 5.41) is 16.7. The SMILES string of the molecule is CCOc1ccccc1-n1nnnc1SC(C)c1nc(C2CC2)no1. The normalized spacial score (nSPS) is 15.3. The number of tetrazole rings is 1. The third-order valence-electron chi connectivity index (χ3n) is 3.86. The molecule has 8 nitrogen and oxygen atoms in total. The summed E-state index contributed by atoms with van der Waals surface area (Å²) in [6.07, 6.45) is 2.29. The lowest BCUT2D eigenvalue weighted by Gasteiger charge is -2.11. The minimum Gasteiger partial charge on any atom is -0.492 e. The minimum atomic E-state index is -0.0518. The van der Waals surface area contributed by atoms with Gasteiger partial charge in [0.25, 0.3) is 0 Å². The van der Waals surface area contributed by atoms with Crippen LogP contribution in [0.2, 0.25) is 0 Å². The summed E-state index contributed by atoms with van der Waals surface area (Å²) in [5.74, 6) is 2.61. The monoisotopic (exact) mass is 358 g/mol. The maximum absolute atomic E-state index is 5.68. The van der Waals surface area contributed by atoms with E-state index in [0.29, 0.717) is 23.6 Å². The van der Waals surface area contributed by atoms with Crippen molar-refractivity contribution in [2.24, 2.45) is 0 Å². The van der Waals surface area contributed by atoms with E-state index in [0.717, 1.165) is 30.1 Å². The molecule has 1 unspecified atom stereocenters. The number of rotatable bonds is 7. The Kier molecular flexibility index (Phi) is 4.39. The number of thioether (sulfide) groups is 1. The van der Waals surface area contributed by atoms with Gasteiger partial charge in [0.1, 0.15) is 11.4 Å². The molecular weight excluding hydrogens is 340 g/mol. The predicted octanol–water partition coefficient (Wildman–Crippen LogP) is 3.17. The molecule has 1 aliphatic carbocycles. The zero-order valence-corrected chi connectivity index (χ0v) is 14.8. The molecule has 1 aliphatic rings. The maximum Gasteiger partial charge on any atom is 0.239 e. The highest BCUT2D eigenvalue weighted by Gasteiger charge is 2.30. The highest BCUT2D eigenvalue weighted by Crippen LogP contribution is 2.40. The first kappa shape index (κ1) is 16.1. The first-order chi connectivity index (χ1) is 12.3. The Morgan fingerprint density at radius 1 is 1.36 bits per heavy atom. The number of ether oxygens (including phenoxy) is 1. The highest BCUT2D eigenvalue weighted by molar-refractivity contribution is 7.99. The Morgan fingerprint density at radius 3 is 3.00 bits per heavy atom. The Bertz CT molecular complexity index is 860.